The molecule has 0 bridgehead atoms. The number of hydrogen-bond acceptors (Lipinski definition) is 5. The van der Waals surface area contributed by atoms with Crippen molar-refractivity contribution in [3.8, 4) is 5.75 Å². The Hall–Kier alpha value is -2.93. The molecule has 1 unspecified atom stereocenters. The monoisotopic (exact) mass is 441 g/mol. The maximum Gasteiger partial charge on any atom is 0.270 e. The van der Waals surface area contributed by atoms with Gasteiger partial charge in [-0.25, -0.2) is 0 Å². The van der Waals surface area contributed by atoms with Crippen LogP contribution < -0.4 is 4.74 Å². The first-order valence-electron chi connectivity index (χ1n) is 11.4. The van der Waals surface area contributed by atoms with Crippen molar-refractivity contribution >= 4 is 11.6 Å². The predicted molar refractivity (Wildman–Crippen MR) is 127 cm³/mol. The van der Waals surface area contributed by atoms with E-state index >= 15 is 0 Å². The topological polar surface area (TPSA) is 75.9 Å². The second kappa shape index (κ2) is 12.8. The van der Waals surface area contributed by atoms with Gasteiger partial charge in [-0.15, -0.1) is 0 Å². The average molecular weight is 442 g/mol. The highest BCUT2D eigenvalue weighted by Gasteiger charge is 2.23. The fourth-order valence-electron chi connectivity index (χ4n) is 3.71. The van der Waals surface area contributed by atoms with E-state index in [9.17, 15) is 14.9 Å². The Balaban J connectivity index is 2.21. The standard InChI is InChI=1S/C25H35N3O4/c1-5-26(6-2)17-9-10-20(4)27(19-21-13-15-24(16-14-21)32-7-3)25(29)22-11-8-12-23(18-22)28(30)31/h8,11-16,18,20H,5-7,9-10,17,19H2,1-4H3. The molecule has 0 aliphatic rings. The Morgan fingerprint density at radius 2 is 1.78 bits per heavy atom. The minimum Gasteiger partial charge on any atom is -0.494 e. The summed E-state index contributed by atoms with van der Waals surface area (Å²) in [6.45, 7) is 12.3. The van der Waals surface area contributed by atoms with Gasteiger partial charge in [0.2, 0.25) is 0 Å². The third-order valence-electron chi connectivity index (χ3n) is 5.67. The Kier molecular flexibility index (Phi) is 10.1. The van der Waals surface area contributed by atoms with Crippen LogP contribution in [0.15, 0.2) is 48.5 Å². The number of nitro benzene ring substituents is 1. The molecule has 2 rings (SSSR count). The van der Waals surface area contributed by atoms with E-state index in [1.165, 1.54) is 12.1 Å². The summed E-state index contributed by atoms with van der Waals surface area (Å²) in [5.74, 6) is 0.595. The molecule has 7 nitrogen and oxygen atoms in total. The van der Waals surface area contributed by atoms with Crippen LogP contribution in [0.3, 0.4) is 0 Å². The summed E-state index contributed by atoms with van der Waals surface area (Å²) in [6.07, 6.45) is 1.83. The van der Waals surface area contributed by atoms with Crippen LogP contribution in [0.2, 0.25) is 0 Å². The summed E-state index contributed by atoms with van der Waals surface area (Å²) in [6, 6.07) is 13.7. The molecule has 1 amide bonds. The van der Waals surface area contributed by atoms with Crippen LogP contribution in [-0.2, 0) is 6.54 Å². The lowest BCUT2D eigenvalue weighted by molar-refractivity contribution is -0.384. The van der Waals surface area contributed by atoms with Crippen LogP contribution >= 0.6 is 0 Å². The molecule has 0 aromatic heterocycles. The molecule has 0 saturated heterocycles. The molecule has 2 aromatic rings. The van der Waals surface area contributed by atoms with E-state index in [2.05, 4.69) is 18.7 Å². The molecular formula is C25H35N3O4. The van der Waals surface area contributed by atoms with E-state index in [0.717, 1.165) is 43.8 Å². The minimum atomic E-state index is -0.471. The van der Waals surface area contributed by atoms with Crippen molar-refractivity contribution in [1.29, 1.82) is 0 Å². The maximum atomic E-state index is 13.4. The first kappa shape index (κ1) is 25.3. The van der Waals surface area contributed by atoms with Crippen molar-refractivity contribution in [3.63, 3.8) is 0 Å². The van der Waals surface area contributed by atoms with Crippen LogP contribution in [0.25, 0.3) is 0 Å². The number of nitrogens with zero attached hydrogens (tertiary/aromatic N) is 3. The first-order valence-corrected chi connectivity index (χ1v) is 11.4. The molecular weight excluding hydrogens is 406 g/mol. The van der Waals surface area contributed by atoms with Crippen LogP contribution in [0.4, 0.5) is 5.69 Å². The lowest BCUT2D eigenvalue weighted by Gasteiger charge is -2.30. The van der Waals surface area contributed by atoms with Gasteiger partial charge >= 0.3 is 0 Å². The van der Waals surface area contributed by atoms with E-state index in [0.29, 0.717) is 18.7 Å². The molecule has 1 atom stereocenters. The van der Waals surface area contributed by atoms with Gasteiger partial charge in [-0.1, -0.05) is 32.0 Å². The molecule has 0 radical (unpaired) electrons. The minimum absolute atomic E-state index is 0.0103. The van der Waals surface area contributed by atoms with Crippen molar-refractivity contribution in [1.82, 2.24) is 9.80 Å². The second-order valence-electron chi connectivity index (χ2n) is 7.84. The van der Waals surface area contributed by atoms with E-state index in [1.807, 2.05) is 43.0 Å². The fourth-order valence-corrected chi connectivity index (χ4v) is 3.71. The Labute approximate surface area is 191 Å². The lowest BCUT2D eigenvalue weighted by atomic mass is 10.1. The van der Waals surface area contributed by atoms with Gasteiger partial charge in [0.25, 0.3) is 11.6 Å². The summed E-state index contributed by atoms with van der Waals surface area (Å²) < 4.78 is 5.51. The highest BCUT2D eigenvalue weighted by Crippen LogP contribution is 2.21. The van der Waals surface area contributed by atoms with Crippen molar-refractivity contribution in [3.05, 3.63) is 69.8 Å². The molecule has 2 aromatic carbocycles. The number of carbonyl (C=O) groups excluding carboxylic acids is 1. The summed E-state index contributed by atoms with van der Waals surface area (Å²) >= 11 is 0. The first-order chi connectivity index (χ1) is 15.4. The van der Waals surface area contributed by atoms with Gasteiger partial charge in [0, 0.05) is 30.3 Å². The van der Waals surface area contributed by atoms with Gasteiger partial charge in [0.1, 0.15) is 5.75 Å². The zero-order chi connectivity index (χ0) is 23.5. The second-order valence-corrected chi connectivity index (χ2v) is 7.84. The zero-order valence-corrected chi connectivity index (χ0v) is 19.6. The molecule has 0 spiro atoms. The number of amides is 1. The fraction of sp³-hybridized carbons (Fsp3) is 0.480. The van der Waals surface area contributed by atoms with E-state index in [4.69, 9.17) is 4.74 Å². The largest absolute Gasteiger partial charge is 0.494 e. The third-order valence-corrected chi connectivity index (χ3v) is 5.67. The molecule has 0 saturated carbocycles. The number of rotatable bonds is 13. The summed E-state index contributed by atoms with van der Waals surface area (Å²) in [5, 5.41) is 11.2. The number of benzene rings is 2. The highest BCUT2D eigenvalue weighted by atomic mass is 16.6. The van der Waals surface area contributed by atoms with Gasteiger partial charge in [-0.3, -0.25) is 14.9 Å². The Bertz CT molecular complexity index is 866. The smallest absolute Gasteiger partial charge is 0.270 e. The van der Waals surface area contributed by atoms with E-state index in [-0.39, 0.29) is 17.6 Å². The van der Waals surface area contributed by atoms with Gasteiger partial charge in [-0.2, -0.15) is 0 Å². The van der Waals surface area contributed by atoms with Crippen LogP contribution in [0.5, 0.6) is 5.75 Å². The van der Waals surface area contributed by atoms with Gasteiger partial charge in [0.15, 0.2) is 0 Å². The highest BCUT2D eigenvalue weighted by molar-refractivity contribution is 5.95. The van der Waals surface area contributed by atoms with Crippen molar-refractivity contribution in [2.24, 2.45) is 0 Å². The van der Waals surface area contributed by atoms with Crippen LogP contribution in [0, 0.1) is 10.1 Å². The number of nitro groups is 1. The summed E-state index contributed by atoms with van der Waals surface area (Å²) in [5.41, 5.74) is 1.25. The van der Waals surface area contributed by atoms with Gasteiger partial charge < -0.3 is 14.5 Å². The molecule has 7 heteroatoms. The van der Waals surface area contributed by atoms with E-state index < -0.39 is 4.92 Å². The van der Waals surface area contributed by atoms with Crippen LogP contribution in [0.1, 0.15) is 56.5 Å². The van der Waals surface area contributed by atoms with Crippen molar-refractivity contribution in [2.45, 2.75) is 53.1 Å². The maximum absolute atomic E-state index is 13.4. The predicted octanol–water partition coefficient (Wildman–Crippen LogP) is 5.15. The normalized spacial score (nSPS) is 11.9. The molecule has 0 fully saturated rings. The molecule has 0 aliphatic heterocycles. The quantitative estimate of drug-likeness (QED) is 0.317. The van der Waals surface area contributed by atoms with Crippen molar-refractivity contribution < 1.29 is 14.5 Å². The molecule has 174 valence electrons. The lowest BCUT2D eigenvalue weighted by Crippen LogP contribution is -2.38. The SMILES string of the molecule is CCOc1ccc(CN(C(=O)c2cccc([N+](=O)[O-])c2)C(C)CCCN(CC)CC)cc1. The molecule has 0 aliphatic carbocycles. The third kappa shape index (κ3) is 7.34. The molecule has 0 N–H and O–H groups in total. The van der Waals surface area contributed by atoms with Crippen LogP contribution in [-0.4, -0.2) is 52.9 Å². The number of non-ortho nitro benzene ring substituents is 1. The Morgan fingerprint density at radius 1 is 1.09 bits per heavy atom. The molecule has 32 heavy (non-hydrogen) atoms. The number of ether oxygens (including phenoxy) is 1. The van der Waals surface area contributed by atoms with Crippen molar-refractivity contribution in [2.75, 3.05) is 26.2 Å². The van der Waals surface area contributed by atoms with Gasteiger partial charge in [0.05, 0.1) is 11.5 Å². The summed E-state index contributed by atoms with van der Waals surface area (Å²) in [4.78, 5) is 28.3. The number of carbonyl (C=O) groups is 1. The van der Waals surface area contributed by atoms with E-state index in [1.54, 1.807) is 12.1 Å². The van der Waals surface area contributed by atoms with Gasteiger partial charge in [-0.05, 0) is 70.1 Å². The number of hydrogen-bond donors (Lipinski definition) is 0. The zero-order valence-electron chi connectivity index (χ0n) is 19.6. The average Bonchev–Trinajstić information content (AvgIpc) is 2.81. The molecule has 0 heterocycles. The Morgan fingerprint density at radius 3 is 2.38 bits per heavy atom. The summed E-state index contributed by atoms with van der Waals surface area (Å²) in [7, 11) is 0.